The van der Waals surface area contributed by atoms with E-state index in [0.717, 1.165) is 11.3 Å². The van der Waals surface area contributed by atoms with Gasteiger partial charge in [0.25, 0.3) is 5.91 Å². The summed E-state index contributed by atoms with van der Waals surface area (Å²) in [5, 5.41) is 3.68. The van der Waals surface area contributed by atoms with Crippen LogP contribution in [-0.2, 0) is 16.0 Å². The molecule has 2 N–H and O–H groups in total. The third-order valence-electron chi connectivity index (χ3n) is 8.00. The van der Waals surface area contributed by atoms with Crippen LogP contribution in [0.1, 0.15) is 29.3 Å². The first-order valence-electron chi connectivity index (χ1n) is 15.0. The number of benzene rings is 3. The van der Waals surface area contributed by atoms with Crippen molar-refractivity contribution < 1.29 is 27.5 Å². The molecule has 0 fully saturated rings. The number of nitrogens with zero attached hydrogens (tertiary/aromatic N) is 2. The van der Waals surface area contributed by atoms with Crippen molar-refractivity contribution in [3.63, 3.8) is 0 Å². The second-order valence-electron chi connectivity index (χ2n) is 10.8. The predicted octanol–water partition coefficient (Wildman–Crippen LogP) is 8.16. The fourth-order valence-corrected chi connectivity index (χ4v) is 5.99. The Labute approximate surface area is 274 Å². The Bertz CT molecular complexity index is 2120. The number of halogens is 2. The number of aromatic nitrogens is 2. The van der Waals surface area contributed by atoms with Crippen LogP contribution in [0.5, 0.6) is 0 Å². The van der Waals surface area contributed by atoms with Gasteiger partial charge in [0.15, 0.2) is 0 Å². The van der Waals surface area contributed by atoms with Crippen LogP contribution in [0.25, 0.3) is 55.8 Å². The zero-order chi connectivity index (χ0) is 33.2. The first-order valence-corrected chi connectivity index (χ1v) is 16.2. The van der Waals surface area contributed by atoms with Crippen LogP contribution >= 0.6 is 11.9 Å². The van der Waals surface area contributed by atoms with E-state index < -0.39 is 5.82 Å². The van der Waals surface area contributed by atoms with E-state index >= 15 is 0 Å². The van der Waals surface area contributed by atoms with Gasteiger partial charge in [0.05, 0.1) is 34.9 Å². The molecule has 3 heterocycles. The van der Waals surface area contributed by atoms with Gasteiger partial charge in [0.1, 0.15) is 23.0 Å². The number of furan rings is 1. The average Bonchev–Trinajstić information content (AvgIpc) is 3.69. The first-order chi connectivity index (χ1) is 22.7. The largest absolute Gasteiger partial charge is 0.466 e. The standard InChI is InChI=1S/C36H32F2N4O4S/c1-5-45-32(43)16-12-20-11-15-28(41-34(20)29-18-23-26(38)7-6-8-27(23)40-29)24-17-25-31(19-30(24)42(3)47-4)46-35(33(25)36(44)39-2)21-9-13-22(37)14-10-21/h6-11,13-15,17-19,40H,5,12,16H2,1-4H3,(H,39,44). The van der Waals surface area contributed by atoms with Crippen molar-refractivity contribution in [2.45, 2.75) is 19.8 Å². The van der Waals surface area contributed by atoms with Gasteiger partial charge in [-0.25, -0.2) is 13.8 Å². The highest BCUT2D eigenvalue weighted by Crippen LogP contribution is 2.42. The number of H-pyrrole nitrogens is 1. The number of anilines is 1. The Balaban J connectivity index is 1.57. The number of pyridine rings is 1. The molecule has 47 heavy (non-hydrogen) atoms. The van der Waals surface area contributed by atoms with E-state index in [1.807, 2.05) is 41.9 Å². The number of nitrogens with one attached hydrogen (secondary N) is 2. The van der Waals surface area contributed by atoms with Crippen molar-refractivity contribution in [3.8, 4) is 34.0 Å². The molecule has 0 aliphatic carbocycles. The highest BCUT2D eigenvalue weighted by Gasteiger charge is 2.25. The van der Waals surface area contributed by atoms with Gasteiger partial charge in [0, 0.05) is 60.3 Å². The molecule has 0 atom stereocenters. The second-order valence-corrected chi connectivity index (χ2v) is 11.7. The fraction of sp³-hybridized carbons (Fsp3) is 0.194. The molecule has 0 saturated carbocycles. The predicted molar refractivity (Wildman–Crippen MR) is 182 cm³/mol. The van der Waals surface area contributed by atoms with Gasteiger partial charge in [-0.15, -0.1) is 0 Å². The highest BCUT2D eigenvalue weighted by atomic mass is 32.2. The monoisotopic (exact) mass is 654 g/mol. The van der Waals surface area contributed by atoms with Crippen molar-refractivity contribution in [2.24, 2.45) is 0 Å². The minimum absolute atomic E-state index is 0.152. The number of hydrogen-bond donors (Lipinski definition) is 2. The number of rotatable bonds is 10. The van der Waals surface area contributed by atoms with E-state index in [1.54, 1.807) is 44.3 Å². The smallest absolute Gasteiger partial charge is 0.306 e. The molecule has 0 unspecified atom stereocenters. The van der Waals surface area contributed by atoms with Gasteiger partial charge in [-0.1, -0.05) is 24.1 Å². The number of carbonyl (C=O) groups is 2. The van der Waals surface area contributed by atoms with Crippen LogP contribution in [0.2, 0.25) is 0 Å². The molecular formula is C36H32F2N4O4S. The molecule has 11 heteroatoms. The van der Waals surface area contributed by atoms with Crippen molar-refractivity contribution in [1.29, 1.82) is 0 Å². The minimum atomic E-state index is -0.400. The summed E-state index contributed by atoms with van der Waals surface area (Å²) in [5.74, 6) is -1.12. The summed E-state index contributed by atoms with van der Waals surface area (Å²) in [6.45, 7) is 2.05. The second kappa shape index (κ2) is 13.3. The van der Waals surface area contributed by atoms with Crippen LogP contribution in [0.3, 0.4) is 0 Å². The lowest BCUT2D eigenvalue weighted by atomic mass is 9.99. The number of amides is 1. The van der Waals surface area contributed by atoms with E-state index in [9.17, 15) is 18.4 Å². The Morgan fingerprint density at radius 1 is 1.04 bits per heavy atom. The Hall–Kier alpha value is -5.16. The van der Waals surface area contributed by atoms with Crippen molar-refractivity contribution in [1.82, 2.24) is 15.3 Å². The topological polar surface area (TPSA) is 100 Å². The SMILES string of the molecule is CCOC(=O)CCc1ccc(-c2cc3c(C(=O)NC)c(-c4ccc(F)cc4)oc3cc2N(C)SC)nc1-c1cc2c(F)cccc2[nH]1. The summed E-state index contributed by atoms with van der Waals surface area (Å²) in [5.41, 5.74) is 5.97. The third kappa shape index (κ3) is 6.18. The van der Waals surface area contributed by atoms with Gasteiger partial charge in [-0.3, -0.25) is 9.59 Å². The molecule has 3 aromatic heterocycles. The van der Waals surface area contributed by atoms with Crippen LogP contribution in [-0.4, -0.2) is 48.8 Å². The Kier molecular flexibility index (Phi) is 8.99. The maximum Gasteiger partial charge on any atom is 0.306 e. The van der Waals surface area contributed by atoms with Crippen molar-refractivity contribution in [2.75, 3.05) is 31.3 Å². The van der Waals surface area contributed by atoms with Gasteiger partial charge in [-0.05, 0) is 73.5 Å². The molecular weight excluding hydrogens is 622 g/mol. The van der Waals surface area contributed by atoms with Gasteiger partial charge >= 0.3 is 5.97 Å². The van der Waals surface area contributed by atoms with E-state index in [2.05, 4.69) is 10.3 Å². The number of ether oxygens (including phenoxy) is 1. The molecule has 240 valence electrons. The molecule has 0 aliphatic rings. The summed E-state index contributed by atoms with van der Waals surface area (Å²) in [7, 11) is 3.45. The van der Waals surface area contributed by atoms with E-state index in [0.29, 0.717) is 67.8 Å². The van der Waals surface area contributed by atoms with Crippen LogP contribution in [0.15, 0.2) is 77.2 Å². The maximum absolute atomic E-state index is 14.7. The number of carbonyl (C=O) groups excluding carboxylic acids is 2. The maximum atomic E-state index is 14.7. The zero-order valence-corrected chi connectivity index (χ0v) is 27.1. The number of aromatic amines is 1. The van der Waals surface area contributed by atoms with Gasteiger partial charge < -0.3 is 23.8 Å². The average molecular weight is 655 g/mol. The summed E-state index contributed by atoms with van der Waals surface area (Å²) in [4.78, 5) is 34.0. The van der Waals surface area contributed by atoms with Crippen LogP contribution < -0.4 is 9.62 Å². The third-order valence-corrected chi connectivity index (χ3v) is 8.75. The van der Waals surface area contributed by atoms with E-state index in [4.69, 9.17) is 14.1 Å². The fourth-order valence-electron chi connectivity index (χ4n) is 5.64. The van der Waals surface area contributed by atoms with Gasteiger partial charge in [0.2, 0.25) is 0 Å². The summed E-state index contributed by atoms with van der Waals surface area (Å²) in [6.07, 6.45) is 2.45. The Morgan fingerprint density at radius 2 is 1.83 bits per heavy atom. The van der Waals surface area contributed by atoms with E-state index in [-0.39, 0.29) is 30.7 Å². The summed E-state index contributed by atoms with van der Waals surface area (Å²) >= 11 is 1.48. The first kappa shape index (κ1) is 31.8. The molecule has 8 nitrogen and oxygen atoms in total. The zero-order valence-electron chi connectivity index (χ0n) is 26.2. The molecule has 0 spiro atoms. The highest BCUT2D eigenvalue weighted by molar-refractivity contribution is 7.99. The lowest BCUT2D eigenvalue weighted by Crippen LogP contribution is -2.18. The number of hydrogen-bond acceptors (Lipinski definition) is 7. The molecule has 6 rings (SSSR count). The molecule has 6 aromatic rings. The molecule has 3 aromatic carbocycles. The number of esters is 1. The van der Waals surface area contributed by atoms with Crippen LogP contribution in [0.4, 0.5) is 14.5 Å². The number of fused-ring (bicyclic) bond motifs is 2. The minimum Gasteiger partial charge on any atom is -0.466 e. The lowest BCUT2D eigenvalue weighted by Gasteiger charge is -2.20. The number of aryl methyl sites for hydroxylation is 1. The van der Waals surface area contributed by atoms with Crippen molar-refractivity contribution >= 4 is 51.4 Å². The summed E-state index contributed by atoms with van der Waals surface area (Å²) < 4.78 is 41.9. The van der Waals surface area contributed by atoms with Crippen LogP contribution in [0, 0.1) is 11.6 Å². The molecule has 0 bridgehead atoms. The molecule has 0 saturated heterocycles. The molecule has 0 radical (unpaired) electrons. The Morgan fingerprint density at radius 3 is 2.53 bits per heavy atom. The summed E-state index contributed by atoms with van der Waals surface area (Å²) in [6, 6.07) is 19.8. The molecule has 0 aliphatic heterocycles. The van der Waals surface area contributed by atoms with Gasteiger partial charge in [-0.2, -0.15) is 0 Å². The van der Waals surface area contributed by atoms with E-state index in [1.165, 1.54) is 30.1 Å². The normalized spacial score (nSPS) is 11.3. The quantitative estimate of drug-likeness (QED) is 0.114. The lowest BCUT2D eigenvalue weighted by molar-refractivity contribution is -0.143. The molecule has 1 amide bonds. The van der Waals surface area contributed by atoms with Crippen molar-refractivity contribution in [3.05, 3.63) is 95.6 Å².